The lowest BCUT2D eigenvalue weighted by atomic mass is 9.95. The normalized spacial score (nSPS) is 12.6. The van der Waals surface area contributed by atoms with Crippen molar-refractivity contribution in [1.29, 1.82) is 0 Å². The molecule has 9 nitrogen and oxygen atoms in total. The third-order valence-corrected chi connectivity index (χ3v) is 3.40. The van der Waals surface area contributed by atoms with Gasteiger partial charge in [-0.25, -0.2) is 9.59 Å². The molecule has 0 spiro atoms. The Kier molecular flexibility index (Phi) is 12.8. The topological polar surface area (TPSA) is 125 Å². The predicted molar refractivity (Wildman–Crippen MR) is 93.5 cm³/mol. The van der Waals surface area contributed by atoms with Gasteiger partial charge in [-0.1, -0.05) is 26.7 Å². The first-order valence-corrected chi connectivity index (χ1v) is 9.15. The number of unbranched alkanes of at least 4 members (excludes halogenated alkanes) is 2. The molecular weight excluding hydrogens is 360 g/mol. The van der Waals surface area contributed by atoms with Gasteiger partial charge in [-0.2, -0.15) is 0 Å². The first-order chi connectivity index (χ1) is 12.8. The van der Waals surface area contributed by atoms with E-state index >= 15 is 0 Å². The molecule has 0 saturated carbocycles. The second-order valence-corrected chi connectivity index (χ2v) is 5.91. The molecule has 0 saturated heterocycles. The zero-order valence-electron chi connectivity index (χ0n) is 16.3. The van der Waals surface area contributed by atoms with Crippen LogP contribution in [0.2, 0.25) is 0 Å². The molecule has 0 aromatic rings. The molecule has 1 N–H and O–H groups in total. The fourth-order valence-corrected chi connectivity index (χ4v) is 1.90. The monoisotopic (exact) mass is 390 g/mol. The molecule has 9 heteroatoms. The Bertz CT molecular complexity index is 489. The minimum Gasteiger partial charge on any atom is -0.466 e. The van der Waals surface area contributed by atoms with Crippen LogP contribution in [-0.4, -0.2) is 61.0 Å². The molecule has 0 aromatic heterocycles. The lowest BCUT2D eigenvalue weighted by molar-refractivity contribution is -0.179. The molecule has 1 atom stereocenters. The van der Waals surface area contributed by atoms with E-state index in [-0.39, 0.29) is 19.8 Å². The van der Waals surface area contributed by atoms with Gasteiger partial charge in [-0.3, -0.25) is 9.59 Å². The molecule has 1 unspecified atom stereocenters. The van der Waals surface area contributed by atoms with E-state index < -0.39 is 48.9 Å². The molecular formula is C18H30O9. The van der Waals surface area contributed by atoms with E-state index in [1.165, 1.54) is 0 Å². The number of esters is 4. The van der Waals surface area contributed by atoms with Gasteiger partial charge in [0.2, 0.25) is 0 Å². The van der Waals surface area contributed by atoms with Crippen molar-refractivity contribution in [2.24, 2.45) is 0 Å². The van der Waals surface area contributed by atoms with Crippen LogP contribution in [-0.2, 0) is 38.1 Å². The Balaban J connectivity index is 4.88. The van der Waals surface area contributed by atoms with Gasteiger partial charge < -0.3 is 24.1 Å². The number of hydrogen-bond donors (Lipinski definition) is 1. The van der Waals surface area contributed by atoms with E-state index in [9.17, 15) is 24.3 Å². The summed E-state index contributed by atoms with van der Waals surface area (Å²) < 4.78 is 19.2. The molecule has 0 bridgehead atoms. The van der Waals surface area contributed by atoms with Crippen molar-refractivity contribution in [1.82, 2.24) is 0 Å². The third-order valence-electron chi connectivity index (χ3n) is 3.40. The Morgan fingerprint density at radius 1 is 0.741 bits per heavy atom. The van der Waals surface area contributed by atoms with E-state index in [2.05, 4.69) is 9.47 Å². The van der Waals surface area contributed by atoms with Crippen molar-refractivity contribution in [2.45, 2.75) is 64.9 Å². The highest BCUT2D eigenvalue weighted by Gasteiger charge is 2.43. The van der Waals surface area contributed by atoms with Crippen LogP contribution < -0.4 is 0 Å². The lowest BCUT2D eigenvalue weighted by Crippen LogP contribution is -2.45. The van der Waals surface area contributed by atoms with Crippen LogP contribution in [0, 0.1) is 0 Å². The molecule has 156 valence electrons. The maximum absolute atomic E-state index is 12.2. The Morgan fingerprint density at radius 3 is 1.78 bits per heavy atom. The minimum atomic E-state index is -2.43. The van der Waals surface area contributed by atoms with Crippen molar-refractivity contribution < 1.29 is 43.2 Å². The summed E-state index contributed by atoms with van der Waals surface area (Å²) in [5.41, 5.74) is -2.43. The van der Waals surface area contributed by atoms with Crippen LogP contribution >= 0.6 is 0 Å². The summed E-state index contributed by atoms with van der Waals surface area (Å²) >= 11 is 0. The lowest BCUT2D eigenvalue weighted by Gasteiger charge is -2.24. The maximum atomic E-state index is 12.2. The van der Waals surface area contributed by atoms with Crippen molar-refractivity contribution in [3.05, 3.63) is 0 Å². The van der Waals surface area contributed by atoms with Crippen molar-refractivity contribution in [2.75, 3.05) is 26.4 Å². The number of ether oxygens (including phenoxy) is 4. The molecule has 0 rings (SSSR count). The van der Waals surface area contributed by atoms with Crippen LogP contribution in [0.15, 0.2) is 0 Å². The quantitative estimate of drug-likeness (QED) is 0.265. The molecule has 0 aromatic carbocycles. The minimum absolute atomic E-state index is 0.0421. The number of rotatable bonds is 14. The molecule has 0 aliphatic carbocycles. The Morgan fingerprint density at radius 2 is 1.26 bits per heavy atom. The molecule has 27 heavy (non-hydrogen) atoms. The summed E-state index contributed by atoms with van der Waals surface area (Å²) in [6.07, 6.45) is 1.16. The van der Waals surface area contributed by atoms with Crippen molar-refractivity contribution >= 4 is 23.9 Å². The Hall–Kier alpha value is -2.16. The molecule has 0 amide bonds. The molecule has 0 aliphatic heterocycles. The first kappa shape index (κ1) is 24.8. The van der Waals surface area contributed by atoms with E-state index in [1.807, 2.05) is 13.8 Å². The van der Waals surface area contributed by atoms with E-state index in [0.29, 0.717) is 12.8 Å². The van der Waals surface area contributed by atoms with Gasteiger partial charge in [-0.05, 0) is 19.8 Å². The highest BCUT2D eigenvalue weighted by atomic mass is 16.6. The summed E-state index contributed by atoms with van der Waals surface area (Å²) in [7, 11) is 0. The second-order valence-electron chi connectivity index (χ2n) is 5.91. The van der Waals surface area contributed by atoms with Gasteiger partial charge in [0.1, 0.15) is 0 Å². The average Bonchev–Trinajstić information content (AvgIpc) is 2.60. The summed E-state index contributed by atoms with van der Waals surface area (Å²) in [6, 6.07) is 0. The van der Waals surface area contributed by atoms with Crippen LogP contribution in [0.1, 0.15) is 59.3 Å². The largest absolute Gasteiger partial charge is 0.466 e. The standard InChI is InChI=1S/C18H30O9/c1-4-7-9-25-14(19)11-18(23,17(22)26-10-8-5-2)12-15(20)27-13-16(21)24-6-3/h23H,4-13H2,1-3H3. The number of hydrogen-bond acceptors (Lipinski definition) is 9. The zero-order chi connectivity index (χ0) is 20.7. The van der Waals surface area contributed by atoms with Gasteiger partial charge in [0, 0.05) is 0 Å². The molecule has 0 heterocycles. The van der Waals surface area contributed by atoms with Crippen LogP contribution in [0.5, 0.6) is 0 Å². The zero-order valence-corrected chi connectivity index (χ0v) is 16.3. The molecule has 0 aliphatic rings. The van der Waals surface area contributed by atoms with E-state index in [0.717, 1.165) is 12.8 Å². The van der Waals surface area contributed by atoms with Crippen LogP contribution in [0.4, 0.5) is 0 Å². The van der Waals surface area contributed by atoms with Crippen molar-refractivity contribution in [3.8, 4) is 0 Å². The maximum Gasteiger partial charge on any atom is 0.344 e. The summed E-state index contributed by atoms with van der Waals surface area (Å²) in [5.74, 6) is -3.76. The van der Waals surface area contributed by atoms with Crippen molar-refractivity contribution in [3.63, 3.8) is 0 Å². The molecule has 0 fully saturated rings. The number of aliphatic hydroxyl groups is 1. The smallest absolute Gasteiger partial charge is 0.344 e. The van der Waals surface area contributed by atoms with Gasteiger partial charge >= 0.3 is 23.9 Å². The van der Waals surface area contributed by atoms with Gasteiger partial charge in [0.05, 0.1) is 32.7 Å². The number of carbonyl (C=O) groups excluding carboxylic acids is 4. The second kappa shape index (κ2) is 14.0. The van der Waals surface area contributed by atoms with Crippen LogP contribution in [0.3, 0.4) is 0 Å². The number of carbonyl (C=O) groups is 4. The molecule has 0 radical (unpaired) electrons. The van der Waals surface area contributed by atoms with Gasteiger partial charge in [0.15, 0.2) is 12.2 Å². The summed E-state index contributed by atoms with van der Waals surface area (Å²) in [6.45, 7) is 5.04. The summed E-state index contributed by atoms with van der Waals surface area (Å²) in [5, 5.41) is 10.6. The summed E-state index contributed by atoms with van der Waals surface area (Å²) in [4.78, 5) is 47.2. The highest BCUT2D eigenvalue weighted by Crippen LogP contribution is 2.20. The van der Waals surface area contributed by atoms with E-state index in [4.69, 9.17) is 9.47 Å². The average molecular weight is 390 g/mol. The fraction of sp³-hybridized carbons (Fsp3) is 0.778. The highest BCUT2D eigenvalue weighted by molar-refractivity contribution is 5.90. The Labute approximate surface area is 159 Å². The third kappa shape index (κ3) is 11.2. The fourth-order valence-electron chi connectivity index (χ4n) is 1.90. The van der Waals surface area contributed by atoms with E-state index in [1.54, 1.807) is 6.92 Å². The van der Waals surface area contributed by atoms with Crippen LogP contribution in [0.25, 0.3) is 0 Å². The van der Waals surface area contributed by atoms with Gasteiger partial charge in [-0.15, -0.1) is 0 Å². The SMILES string of the molecule is CCCCOC(=O)CC(O)(CC(=O)OCC(=O)OCC)C(=O)OCCCC. The first-order valence-electron chi connectivity index (χ1n) is 9.15. The predicted octanol–water partition coefficient (Wildman–Crippen LogP) is 1.29. The van der Waals surface area contributed by atoms with Gasteiger partial charge in [0.25, 0.3) is 0 Å².